The third kappa shape index (κ3) is 3.48. The van der Waals surface area contributed by atoms with Gasteiger partial charge in [-0.2, -0.15) is 5.10 Å². The molecule has 2 aromatic heterocycles. The summed E-state index contributed by atoms with van der Waals surface area (Å²) in [6.45, 7) is 1.35. The first-order chi connectivity index (χ1) is 12.2. The summed E-state index contributed by atoms with van der Waals surface area (Å²) in [6, 6.07) is 0. The number of carbonyl (C=O) groups is 1. The SMILES string of the molecule is Cn1cc(C2CN(C(=O)CCC3CCCCC3)Cc3[nH]cnc32)cn1. The summed E-state index contributed by atoms with van der Waals surface area (Å²) < 4.78 is 1.81. The van der Waals surface area contributed by atoms with Gasteiger partial charge in [0, 0.05) is 37.7 Å². The van der Waals surface area contributed by atoms with E-state index in [1.165, 1.54) is 32.1 Å². The van der Waals surface area contributed by atoms with E-state index in [0.29, 0.717) is 19.5 Å². The van der Waals surface area contributed by atoms with Crippen LogP contribution in [-0.4, -0.2) is 37.1 Å². The van der Waals surface area contributed by atoms with E-state index in [-0.39, 0.29) is 11.8 Å². The third-order valence-corrected chi connectivity index (χ3v) is 5.80. The van der Waals surface area contributed by atoms with Crippen molar-refractivity contribution in [2.45, 2.75) is 57.4 Å². The van der Waals surface area contributed by atoms with Gasteiger partial charge in [0.05, 0.1) is 30.5 Å². The molecule has 25 heavy (non-hydrogen) atoms. The minimum atomic E-state index is 0.113. The standard InChI is InChI=1S/C19H27N5O/c1-23-10-15(9-22-23)16-11-24(12-17-19(16)21-13-20-17)18(25)8-7-14-5-3-2-4-6-14/h9-10,13-14,16H,2-8,11-12H2,1H3,(H,20,21). The highest BCUT2D eigenvalue weighted by molar-refractivity contribution is 5.76. The lowest BCUT2D eigenvalue weighted by Gasteiger charge is -2.32. The predicted octanol–water partition coefficient (Wildman–Crippen LogP) is 2.98. The second-order valence-electron chi connectivity index (χ2n) is 7.58. The fourth-order valence-corrected chi connectivity index (χ4v) is 4.36. The lowest BCUT2D eigenvalue weighted by molar-refractivity contribution is -0.132. The minimum absolute atomic E-state index is 0.113. The van der Waals surface area contributed by atoms with Gasteiger partial charge in [-0.25, -0.2) is 4.98 Å². The molecule has 0 saturated heterocycles. The molecule has 0 radical (unpaired) electrons. The van der Waals surface area contributed by atoms with E-state index in [4.69, 9.17) is 0 Å². The average Bonchev–Trinajstić information content (AvgIpc) is 3.28. The Morgan fingerprint density at radius 3 is 2.92 bits per heavy atom. The summed E-state index contributed by atoms with van der Waals surface area (Å²) in [7, 11) is 1.92. The van der Waals surface area contributed by atoms with Crippen molar-refractivity contribution in [3.05, 3.63) is 35.7 Å². The number of aryl methyl sites for hydroxylation is 1. The maximum atomic E-state index is 12.8. The van der Waals surface area contributed by atoms with Crippen molar-refractivity contribution in [1.82, 2.24) is 24.6 Å². The number of H-pyrrole nitrogens is 1. The molecule has 0 spiro atoms. The Labute approximate surface area is 148 Å². The van der Waals surface area contributed by atoms with Gasteiger partial charge in [0.2, 0.25) is 5.91 Å². The zero-order valence-electron chi connectivity index (χ0n) is 14.9. The van der Waals surface area contributed by atoms with Crippen molar-refractivity contribution in [1.29, 1.82) is 0 Å². The molecule has 134 valence electrons. The molecule has 1 unspecified atom stereocenters. The minimum Gasteiger partial charge on any atom is -0.347 e. The van der Waals surface area contributed by atoms with Crippen LogP contribution in [0.5, 0.6) is 0 Å². The van der Waals surface area contributed by atoms with Crippen LogP contribution >= 0.6 is 0 Å². The summed E-state index contributed by atoms with van der Waals surface area (Å²) in [4.78, 5) is 22.6. The molecule has 1 aliphatic heterocycles. The number of carbonyl (C=O) groups excluding carboxylic acids is 1. The van der Waals surface area contributed by atoms with Gasteiger partial charge in [0.25, 0.3) is 0 Å². The lowest BCUT2D eigenvalue weighted by Crippen LogP contribution is -2.38. The zero-order chi connectivity index (χ0) is 17.2. The maximum Gasteiger partial charge on any atom is 0.222 e. The van der Waals surface area contributed by atoms with Crippen molar-refractivity contribution < 1.29 is 4.79 Å². The first kappa shape index (κ1) is 16.4. The Morgan fingerprint density at radius 1 is 1.32 bits per heavy atom. The van der Waals surface area contributed by atoms with Crippen molar-refractivity contribution >= 4 is 5.91 Å². The molecule has 0 aromatic carbocycles. The van der Waals surface area contributed by atoms with Gasteiger partial charge >= 0.3 is 0 Å². The number of fused-ring (bicyclic) bond motifs is 1. The number of hydrogen-bond acceptors (Lipinski definition) is 3. The third-order valence-electron chi connectivity index (χ3n) is 5.80. The van der Waals surface area contributed by atoms with Crippen LogP contribution in [0.3, 0.4) is 0 Å². The van der Waals surface area contributed by atoms with E-state index in [1.54, 1.807) is 6.33 Å². The second-order valence-corrected chi connectivity index (χ2v) is 7.58. The van der Waals surface area contributed by atoms with Crippen LogP contribution in [0, 0.1) is 5.92 Å². The molecular weight excluding hydrogens is 314 g/mol. The molecule has 2 aliphatic rings. The smallest absolute Gasteiger partial charge is 0.222 e. The summed E-state index contributed by atoms with van der Waals surface area (Å²) in [5.74, 6) is 1.14. The number of nitrogens with one attached hydrogen (secondary N) is 1. The molecule has 1 aliphatic carbocycles. The van der Waals surface area contributed by atoms with Gasteiger partial charge in [0.1, 0.15) is 0 Å². The molecule has 1 fully saturated rings. The van der Waals surface area contributed by atoms with E-state index < -0.39 is 0 Å². The Kier molecular flexibility index (Phi) is 4.59. The Morgan fingerprint density at radius 2 is 2.16 bits per heavy atom. The number of imidazole rings is 1. The monoisotopic (exact) mass is 341 g/mol. The van der Waals surface area contributed by atoms with Crippen LogP contribution in [0.15, 0.2) is 18.7 Å². The van der Waals surface area contributed by atoms with Crippen LogP contribution in [0.25, 0.3) is 0 Å². The molecule has 6 heteroatoms. The number of nitrogens with zero attached hydrogens (tertiary/aromatic N) is 4. The molecule has 1 saturated carbocycles. The van der Waals surface area contributed by atoms with Crippen molar-refractivity contribution in [2.24, 2.45) is 13.0 Å². The van der Waals surface area contributed by atoms with Gasteiger partial charge in [0.15, 0.2) is 0 Å². The van der Waals surface area contributed by atoms with E-state index in [2.05, 4.69) is 15.1 Å². The predicted molar refractivity (Wildman–Crippen MR) is 94.9 cm³/mol. The highest BCUT2D eigenvalue weighted by Crippen LogP contribution is 2.32. The normalized spacial score (nSPS) is 21.3. The van der Waals surface area contributed by atoms with E-state index in [0.717, 1.165) is 29.3 Å². The number of amides is 1. The van der Waals surface area contributed by atoms with Gasteiger partial charge in [-0.3, -0.25) is 9.48 Å². The van der Waals surface area contributed by atoms with Crippen molar-refractivity contribution in [2.75, 3.05) is 6.54 Å². The highest BCUT2D eigenvalue weighted by Gasteiger charge is 2.32. The summed E-state index contributed by atoms with van der Waals surface area (Å²) in [5.41, 5.74) is 3.25. The largest absolute Gasteiger partial charge is 0.347 e. The number of aromatic nitrogens is 4. The summed E-state index contributed by atoms with van der Waals surface area (Å²) in [6.07, 6.45) is 14.0. The zero-order valence-corrected chi connectivity index (χ0v) is 14.9. The molecule has 1 N–H and O–H groups in total. The van der Waals surface area contributed by atoms with E-state index in [9.17, 15) is 4.79 Å². The van der Waals surface area contributed by atoms with Crippen molar-refractivity contribution in [3.63, 3.8) is 0 Å². The Balaban J connectivity index is 1.45. The van der Waals surface area contributed by atoms with Gasteiger partial charge in [-0.15, -0.1) is 0 Å². The Bertz CT molecular complexity index is 728. The summed E-state index contributed by atoms with van der Waals surface area (Å²) >= 11 is 0. The molecule has 3 heterocycles. The van der Waals surface area contributed by atoms with Crippen LogP contribution in [-0.2, 0) is 18.4 Å². The second kappa shape index (κ2) is 7.02. The molecule has 4 rings (SSSR count). The molecule has 6 nitrogen and oxygen atoms in total. The fraction of sp³-hybridized carbons (Fsp3) is 0.632. The average molecular weight is 341 g/mol. The van der Waals surface area contributed by atoms with Gasteiger partial charge in [-0.1, -0.05) is 32.1 Å². The first-order valence-corrected chi connectivity index (χ1v) is 9.49. The first-order valence-electron chi connectivity index (χ1n) is 9.49. The Hall–Kier alpha value is -2.11. The summed E-state index contributed by atoms with van der Waals surface area (Å²) in [5, 5.41) is 4.29. The van der Waals surface area contributed by atoms with E-state index >= 15 is 0 Å². The van der Waals surface area contributed by atoms with Crippen LogP contribution in [0.1, 0.15) is 67.8 Å². The number of hydrogen-bond donors (Lipinski definition) is 1. The van der Waals surface area contributed by atoms with Crippen LogP contribution < -0.4 is 0 Å². The lowest BCUT2D eigenvalue weighted by atomic mass is 9.86. The van der Waals surface area contributed by atoms with Gasteiger partial charge < -0.3 is 9.88 Å². The van der Waals surface area contributed by atoms with Gasteiger partial charge in [-0.05, 0) is 12.3 Å². The van der Waals surface area contributed by atoms with Crippen LogP contribution in [0.4, 0.5) is 0 Å². The molecule has 0 bridgehead atoms. The topological polar surface area (TPSA) is 66.8 Å². The number of rotatable bonds is 4. The van der Waals surface area contributed by atoms with Crippen molar-refractivity contribution in [3.8, 4) is 0 Å². The molecule has 1 atom stereocenters. The van der Waals surface area contributed by atoms with Crippen LogP contribution in [0.2, 0.25) is 0 Å². The highest BCUT2D eigenvalue weighted by atomic mass is 16.2. The maximum absolute atomic E-state index is 12.8. The van der Waals surface area contributed by atoms with E-state index in [1.807, 2.05) is 29.0 Å². The quantitative estimate of drug-likeness (QED) is 0.930. The molecule has 2 aromatic rings. The molecular formula is C19H27N5O. The number of aromatic amines is 1. The fourth-order valence-electron chi connectivity index (χ4n) is 4.36. The molecule has 1 amide bonds.